The van der Waals surface area contributed by atoms with E-state index in [9.17, 15) is 5.11 Å². The topological polar surface area (TPSA) is 41.5 Å². The van der Waals surface area contributed by atoms with Crippen molar-refractivity contribution in [3.63, 3.8) is 0 Å². The van der Waals surface area contributed by atoms with Crippen LogP contribution >= 0.6 is 15.9 Å². The minimum atomic E-state index is -0.546. The molecule has 4 heteroatoms. The fraction of sp³-hybridized carbons (Fsp3) is 0.294. The molecule has 0 aromatic heterocycles. The Balaban J connectivity index is 1.76. The molecule has 21 heavy (non-hydrogen) atoms. The van der Waals surface area contributed by atoms with Gasteiger partial charge in [0.2, 0.25) is 0 Å². The summed E-state index contributed by atoms with van der Waals surface area (Å²) >= 11 is 3.54. The van der Waals surface area contributed by atoms with Crippen LogP contribution in [0.5, 0.6) is 5.75 Å². The van der Waals surface area contributed by atoms with E-state index in [0.29, 0.717) is 6.54 Å². The first kappa shape index (κ1) is 16.0. The fourth-order valence-corrected chi connectivity index (χ4v) is 2.65. The van der Waals surface area contributed by atoms with Gasteiger partial charge in [0.1, 0.15) is 18.5 Å². The van der Waals surface area contributed by atoms with E-state index >= 15 is 0 Å². The van der Waals surface area contributed by atoms with E-state index in [1.54, 1.807) is 0 Å². The molecule has 2 aromatic carbocycles. The molecule has 1 unspecified atom stereocenters. The van der Waals surface area contributed by atoms with Crippen LogP contribution in [0.1, 0.15) is 18.5 Å². The zero-order valence-electron chi connectivity index (χ0n) is 12.0. The molecule has 0 heterocycles. The highest BCUT2D eigenvalue weighted by Crippen LogP contribution is 2.22. The van der Waals surface area contributed by atoms with Gasteiger partial charge in [-0.05, 0) is 30.7 Å². The van der Waals surface area contributed by atoms with Gasteiger partial charge in [-0.15, -0.1) is 0 Å². The van der Waals surface area contributed by atoms with Crippen molar-refractivity contribution in [1.82, 2.24) is 5.32 Å². The molecule has 0 saturated heterocycles. The first-order chi connectivity index (χ1) is 10.2. The van der Waals surface area contributed by atoms with Crippen LogP contribution in [0.4, 0.5) is 0 Å². The van der Waals surface area contributed by atoms with Gasteiger partial charge in [0.25, 0.3) is 0 Å². The largest absolute Gasteiger partial charge is 0.491 e. The standard InChI is InChI=1S/C17H20BrNO2/c1-13(16-9-5-6-10-17(16)18)19-11-14(20)12-21-15-7-3-2-4-8-15/h2-10,13-14,19-20H,11-12H2,1H3/t13-,14?/m0/s1. The molecule has 0 radical (unpaired) electrons. The van der Waals surface area contributed by atoms with Crippen molar-refractivity contribution < 1.29 is 9.84 Å². The molecule has 0 aliphatic heterocycles. The Morgan fingerprint density at radius 3 is 2.48 bits per heavy atom. The van der Waals surface area contributed by atoms with Gasteiger partial charge in [0, 0.05) is 17.1 Å². The maximum absolute atomic E-state index is 9.98. The summed E-state index contributed by atoms with van der Waals surface area (Å²) in [6, 6.07) is 17.8. The van der Waals surface area contributed by atoms with Crippen molar-refractivity contribution in [3.05, 3.63) is 64.6 Å². The molecule has 0 bridgehead atoms. The zero-order valence-corrected chi connectivity index (χ0v) is 13.6. The summed E-state index contributed by atoms with van der Waals surface area (Å²) in [4.78, 5) is 0. The molecule has 0 amide bonds. The predicted molar refractivity (Wildman–Crippen MR) is 88.5 cm³/mol. The number of halogens is 1. The fourth-order valence-electron chi connectivity index (χ4n) is 2.02. The number of rotatable bonds is 7. The van der Waals surface area contributed by atoms with Crippen LogP contribution in [0.25, 0.3) is 0 Å². The van der Waals surface area contributed by atoms with Gasteiger partial charge < -0.3 is 15.2 Å². The van der Waals surface area contributed by atoms with Crippen LogP contribution < -0.4 is 10.1 Å². The molecule has 3 nitrogen and oxygen atoms in total. The highest BCUT2D eigenvalue weighted by molar-refractivity contribution is 9.10. The van der Waals surface area contributed by atoms with Gasteiger partial charge in [-0.1, -0.05) is 52.3 Å². The molecular formula is C17H20BrNO2. The molecule has 0 aliphatic carbocycles. The van der Waals surface area contributed by atoms with E-state index in [0.717, 1.165) is 10.2 Å². The second kappa shape index (κ2) is 8.17. The van der Waals surface area contributed by atoms with Crippen LogP contribution in [0, 0.1) is 0 Å². The average molecular weight is 350 g/mol. The third kappa shape index (κ3) is 5.16. The highest BCUT2D eigenvalue weighted by atomic mass is 79.9. The lowest BCUT2D eigenvalue weighted by atomic mass is 10.1. The molecule has 2 rings (SSSR count). The van der Waals surface area contributed by atoms with Crippen molar-refractivity contribution in [2.45, 2.75) is 19.1 Å². The summed E-state index contributed by atoms with van der Waals surface area (Å²) in [6.45, 7) is 2.83. The Morgan fingerprint density at radius 2 is 1.76 bits per heavy atom. The molecular weight excluding hydrogens is 330 g/mol. The maximum Gasteiger partial charge on any atom is 0.119 e. The maximum atomic E-state index is 9.98. The number of ether oxygens (including phenoxy) is 1. The smallest absolute Gasteiger partial charge is 0.119 e. The van der Waals surface area contributed by atoms with Crippen LogP contribution in [0.15, 0.2) is 59.1 Å². The number of para-hydroxylation sites is 1. The predicted octanol–water partition coefficient (Wildman–Crippen LogP) is 3.54. The van der Waals surface area contributed by atoms with E-state index in [4.69, 9.17) is 4.74 Å². The monoisotopic (exact) mass is 349 g/mol. The lowest BCUT2D eigenvalue weighted by molar-refractivity contribution is 0.104. The lowest BCUT2D eigenvalue weighted by Gasteiger charge is -2.19. The van der Waals surface area contributed by atoms with Crippen molar-refractivity contribution >= 4 is 15.9 Å². The van der Waals surface area contributed by atoms with Gasteiger partial charge >= 0.3 is 0 Å². The van der Waals surface area contributed by atoms with Crippen LogP contribution in [0.2, 0.25) is 0 Å². The van der Waals surface area contributed by atoms with Gasteiger partial charge in [-0.2, -0.15) is 0 Å². The third-order valence-corrected chi connectivity index (χ3v) is 3.94. The molecule has 2 aromatic rings. The Morgan fingerprint density at radius 1 is 1.10 bits per heavy atom. The van der Waals surface area contributed by atoms with Crippen molar-refractivity contribution in [2.75, 3.05) is 13.2 Å². The van der Waals surface area contributed by atoms with Gasteiger partial charge in [-0.3, -0.25) is 0 Å². The minimum Gasteiger partial charge on any atom is -0.491 e. The molecule has 2 N–H and O–H groups in total. The number of hydrogen-bond donors (Lipinski definition) is 2. The summed E-state index contributed by atoms with van der Waals surface area (Å²) < 4.78 is 6.60. The van der Waals surface area contributed by atoms with Crippen LogP contribution in [0.3, 0.4) is 0 Å². The summed E-state index contributed by atoms with van der Waals surface area (Å²) in [7, 11) is 0. The number of benzene rings is 2. The molecule has 2 atom stereocenters. The van der Waals surface area contributed by atoms with Gasteiger partial charge in [0.15, 0.2) is 0 Å². The first-order valence-corrected chi connectivity index (χ1v) is 7.80. The molecule has 0 saturated carbocycles. The SMILES string of the molecule is C[C@H](NCC(O)COc1ccccc1)c1ccccc1Br. The van der Waals surface area contributed by atoms with Crippen molar-refractivity contribution in [3.8, 4) is 5.75 Å². The van der Waals surface area contributed by atoms with E-state index in [1.165, 1.54) is 5.56 Å². The first-order valence-electron chi connectivity index (χ1n) is 7.00. The van der Waals surface area contributed by atoms with E-state index in [2.05, 4.69) is 34.2 Å². The lowest BCUT2D eigenvalue weighted by Crippen LogP contribution is -2.33. The molecule has 112 valence electrons. The summed E-state index contributed by atoms with van der Waals surface area (Å²) in [5.74, 6) is 0.774. The van der Waals surface area contributed by atoms with Crippen molar-refractivity contribution in [2.24, 2.45) is 0 Å². The third-order valence-electron chi connectivity index (χ3n) is 3.22. The summed E-state index contributed by atoms with van der Waals surface area (Å²) in [6.07, 6.45) is -0.546. The van der Waals surface area contributed by atoms with E-state index < -0.39 is 6.10 Å². The molecule has 0 spiro atoms. The van der Waals surface area contributed by atoms with Crippen LogP contribution in [-0.4, -0.2) is 24.4 Å². The number of hydrogen-bond acceptors (Lipinski definition) is 3. The normalized spacial score (nSPS) is 13.7. The Hall–Kier alpha value is -1.36. The zero-order chi connectivity index (χ0) is 15.1. The highest BCUT2D eigenvalue weighted by Gasteiger charge is 2.11. The summed E-state index contributed by atoms with van der Waals surface area (Å²) in [5, 5.41) is 13.3. The Labute approximate surface area is 134 Å². The van der Waals surface area contributed by atoms with E-state index in [-0.39, 0.29) is 12.6 Å². The number of aliphatic hydroxyl groups excluding tert-OH is 1. The molecule has 0 aliphatic rings. The minimum absolute atomic E-state index is 0.159. The van der Waals surface area contributed by atoms with Crippen molar-refractivity contribution in [1.29, 1.82) is 0 Å². The Bertz CT molecular complexity index is 547. The number of nitrogens with one attached hydrogen (secondary N) is 1. The molecule has 0 fully saturated rings. The number of aliphatic hydroxyl groups is 1. The second-order valence-electron chi connectivity index (χ2n) is 4.93. The van der Waals surface area contributed by atoms with E-state index in [1.807, 2.05) is 48.5 Å². The van der Waals surface area contributed by atoms with Crippen LogP contribution in [-0.2, 0) is 0 Å². The second-order valence-corrected chi connectivity index (χ2v) is 5.78. The summed E-state index contributed by atoms with van der Waals surface area (Å²) in [5.41, 5.74) is 1.17. The van der Waals surface area contributed by atoms with Gasteiger partial charge in [0.05, 0.1) is 0 Å². The Kier molecular flexibility index (Phi) is 6.23. The van der Waals surface area contributed by atoms with Gasteiger partial charge in [-0.25, -0.2) is 0 Å². The average Bonchev–Trinajstić information content (AvgIpc) is 2.52. The quantitative estimate of drug-likeness (QED) is 0.803.